The van der Waals surface area contributed by atoms with Crippen LogP contribution in [0.15, 0.2) is 0 Å². The molecule has 0 atom stereocenters. The highest BCUT2D eigenvalue weighted by Crippen LogP contribution is 2.20. The molecule has 0 unspecified atom stereocenters. The first-order chi connectivity index (χ1) is 6.09. The van der Waals surface area contributed by atoms with E-state index in [2.05, 4.69) is 0 Å². The van der Waals surface area contributed by atoms with E-state index >= 15 is 0 Å². The summed E-state index contributed by atoms with van der Waals surface area (Å²) in [5.74, 6) is -0.101. The summed E-state index contributed by atoms with van der Waals surface area (Å²) in [5, 5.41) is 0. The maximum atomic E-state index is 11.2. The molecule has 3 nitrogen and oxygen atoms in total. The molecule has 0 aromatic carbocycles. The van der Waals surface area contributed by atoms with Gasteiger partial charge in [-0.15, -0.1) is 0 Å². The maximum absolute atomic E-state index is 11.2. The summed E-state index contributed by atoms with van der Waals surface area (Å²) in [6.45, 7) is 3.72. The van der Waals surface area contributed by atoms with Crippen LogP contribution < -0.4 is 5.73 Å². The van der Waals surface area contributed by atoms with Gasteiger partial charge in [0.1, 0.15) is 6.10 Å². The zero-order chi connectivity index (χ0) is 9.84. The minimum absolute atomic E-state index is 0.0180. The van der Waals surface area contributed by atoms with E-state index < -0.39 is 0 Å². The Bertz CT molecular complexity index is 172. The van der Waals surface area contributed by atoms with Crippen molar-refractivity contribution >= 4 is 5.97 Å². The predicted octanol–water partition coefficient (Wildman–Crippen LogP) is 1.46. The molecule has 0 aliphatic heterocycles. The molecule has 0 bridgehead atoms. The molecule has 0 saturated heterocycles. The Morgan fingerprint density at radius 1 is 1.31 bits per heavy atom. The van der Waals surface area contributed by atoms with Crippen LogP contribution >= 0.6 is 0 Å². The van der Waals surface area contributed by atoms with Crippen LogP contribution in [0.5, 0.6) is 0 Å². The molecule has 0 aromatic rings. The molecule has 0 radical (unpaired) electrons. The van der Waals surface area contributed by atoms with Crippen molar-refractivity contribution in [3.8, 4) is 0 Å². The molecule has 76 valence electrons. The second-order valence-corrected chi connectivity index (χ2v) is 4.13. The molecule has 0 heterocycles. The minimum atomic E-state index is -0.0829. The Kier molecular flexibility index (Phi) is 3.72. The van der Waals surface area contributed by atoms with E-state index in [1.807, 2.05) is 13.8 Å². The van der Waals surface area contributed by atoms with E-state index in [0.717, 1.165) is 25.7 Å². The van der Waals surface area contributed by atoms with Gasteiger partial charge in [0.25, 0.3) is 0 Å². The highest BCUT2D eigenvalue weighted by molar-refractivity contribution is 5.71. The largest absolute Gasteiger partial charge is 0.462 e. The normalized spacial score (nSPS) is 28.9. The summed E-state index contributed by atoms with van der Waals surface area (Å²) in [7, 11) is 0. The van der Waals surface area contributed by atoms with E-state index in [9.17, 15) is 4.79 Å². The molecule has 13 heavy (non-hydrogen) atoms. The zero-order valence-corrected chi connectivity index (χ0v) is 8.45. The lowest BCUT2D eigenvalue weighted by Crippen LogP contribution is -2.32. The molecule has 0 spiro atoms. The van der Waals surface area contributed by atoms with Crippen LogP contribution in [0.2, 0.25) is 0 Å². The SMILES string of the molecule is CC(C)C(=O)O[C@H]1CC[C@H](N)CC1. The number of ether oxygens (including phenoxy) is 1. The van der Waals surface area contributed by atoms with Crippen molar-refractivity contribution in [3.05, 3.63) is 0 Å². The fourth-order valence-corrected chi connectivity index (χ4v) is 1.51. The van der Waals surface area contributed by atoms with Gasteiger partial charge in [0, 0.05) is 6.04 Å². The van der Waals surface area contributed by atoms with E-state index in [1.54, 1.807) is 0 Å². The number of esters is 1. The van der Waals surface area contributed by atoms with Crippen molar-refractivity contribution in [2.45, 2.75) is 51.7 Å². The molecule has 2 N–H and O–H groups in total. The second-order valence-electron chi connectivity index (χ2n) is 4.13. The molecule has 0 amide bonds. The molecule has 1 rings (SSSR count). The van der Waals surface area contributed by atoms with Crippen molar-refractivity contribution < 1.29 is 9.53 Å². The average Bonchev–Trinajstić information content (AvgIpc) is 2.08. The molecule has 1 saturated carbocycles. The molecule has 0 aromatic heterocycles. The monoisotopic (exact) mass is 185 g/mol. The van der Waals surface area contributed by atoms with Crippen LogP contribution in [-0.4, -0.2) is 18.1 Å². The van der Waals surface area contributed by atoms with Gasteiger partial charge in [0.15, 0.2) is 0 Å². The van der Waals surface area contributed by atoms with Gasteiger partial charge >= 0.3 is 5.97 Å². The summed E-state index contributed by atoms with van der Waals surface area (Å²) < 4.78 is 5.31. The molecule has 3 heteroatoms. The van der Waals surface area contributed by atoms with Crippen molar-refractivity contribution in [1.82, 2.24) is 0 Å². The van der Waals surface area contributed by atoms with Gasteiger partial charge in [-0.25, -0.2) is 0 Å². The van der Waals surface area contributed by atoms with Crippen molar-refractivity contribution in [1.29, 1.82) is 0 Å². The number of hydrogen-bond acceptors (Lipinski definition) is 3. The first-order valence-electron chi connectivity index (χ1n) is 5.05. The quantitative estimate of drug-likeness (QED) is 0.662. The van der Waals surface area contributed by atoms with Crippen LogP contribution in [0.1, 0.15) is 39.5 Å². The van der Waals surface area contributed by atoms with Gasteiger partial charge in [-0.3, -0.25) is 4.79 Å². The van der Waals surface area contributed by atoms with Crippen LogP contribution in [0, 0.1) is 5.92 Å². The number of rotatable bonds is 2. The second kappa shape index (κ2) is 4.61. The summed E-state index contributed by atoms with van der Waals surface area (Å²) >= 11 is 0. The Hall–Kier alpha value is -0.570. The van der Waals surface area contributed by atoms with Crippen LogP contribution in [0.4, 0.5) is 0 Å². The Balaban J connectivity index is 2.26. The smallest absolute Gasteiger partial charge is 0.308 e. The van der Waals surface area contributed by atoms with Gasteiger partial charge in [-0.05, 0) is 25.7 Å². The first-order valence-corrected chi connectivity index (χ1v) is 5.05. The van der Waals surface area contributed by atoms with Crippen LogP contribution in [-0.2, 0) is 9.53 Å². The van der Waals surface area contributed by atoms with Gasteiger partial charge in [0.2, 0.25) is 0 Å². The van der Waals surface area contributed by atoms with Crippen molar-refractivity contribution in [2.24, 2.45) is 11.7 Å². The first kappa shape index (κ1) is 10.5. The summed E-state index contributed by atoms with van der Waals surface area (Å²) in [6, 6.07) is 0.314. The summed E-state index contributed by atoms with van der Waals surface area (Å²) in [6.07, 6.45) is 3.94. The Morgan fingerprint density at radius 3 is 2.31 bits per heavy atom. The topological polar surface area (TPSA) is 52.3 Å². The Morgan fingerprint density at radius 2 is 1.85 bits per heavy atom. The van der Waals surface area contributed by atoms with Crippen LogP contribution in [0.25, 0.3) is 0 Å². The van der Waals surface area contributed by atoms with Crippen molar-refractivity contribution in [2.75, 3.05) is 0 Å². The predicted molar refractivity (Wildman–Crippen MR) is 51.2 cm³/mol. The lowest BCUT2D eigenvalue weighted by atomic mass is 9.94. The number of nitrogens with two attached hydrogens (primary N) is 1. The summed E-state index contributed by atoms with van der Waals surface area (Å²) in [4.78, 5) is 11.2. The maximum Gasteiger partial charge on any atom is 0.308 e. The van der Waals surface area contributed by atoms with Gasteiger partial charge in [-0.2, -0.15) is 0 Å². The zero-order valence-electron chi connectivity index (χ0n) is 8.45. The fourth-order valence-electron chi connectivity index (χ4n) is 1.51. The lowest BCUT2D eigenvalue weighted by Gasteiger charge is -2.26. The highest BCUT2D eigenvalue weighted by Gasteiger charge is 2.22. The van der Waals surface area contributed by atoms with Gasteiger partial charge < -0.3 is 10.5 Å². The molecular weight excluding hydrogens is 166 g/mol. The van der Waals surface area contributed by atoms with E-state index in [4.69, 9.17) is 10.5 Å². The van der Waals surface area contributed by atoms with E-state index in [1.165, 1.54) is 0 Å². The molecule has 1 aliphatic rings. The number of carbonyl (C=O) groups excluding carboxylic acids is 1. The van der Waals surface area contributed by atoms with E-state index in [-0.39, 0.29) is 18.0 Å². The third-order valence-electron chi connectivity index (χ3n) is 2.47. The molecule has 1 fully saturated rings. The lowest BCUT2D eigenvalue weighted by molar-refractivity contribution is -0.154. The van der Waals surface area contributed by atoms with Gasteiger partial charge in [-0.1, -0.05) is 13.8 Å². The third kappa shape index (κ3) is 3.35. The third-order valence-corrected chi connectivity index (χ3v) is 2.47. The summed E-state index contributed by atoms with van der Waals surface area (Å²) in [5.41, 5.74) is 5.75. The van der Waals surface area contributed by atoms with Gasteiger partial charge in [0.05, 0.1) is 5.92 Å². The van der Waals surface area contributed by atoms with Crippen molar-refractivity contribution in [3.63, 3.8) is 0 Å². The number of hydrogen-bond donors (Lipinski definition) is 1. The Labute approximate surface area is 79.6 Å². The highest BCUT2D eigenvalue weighted by atomic mass is 16.5. The molecular formula is C10H19NO2. The van der Waals surface area contributed by atoms with Crippen LogP contribution in [0.3, 0.4) is 0 Å². The standard InChI is InChI=1S/C10H19NO2/c1-7(2)10(12)13-9-5-3-8(11)4-6-9/h7-9H,3-6,11H2,1-2H3/t8-,9-. The molecule has 1 aliphatic carbocycles. The van der Waals surface area contributed by atoms with E-state index in [0.29, 0.717) is 6.04 Å². The fraction of sp³-hybridized carbons (Fsp3) is 0.900. The number of carbonyl (C=O) groups is 1. The minimum Gasteiger partial charge on any atom is -0.462 e. The average molecular weight is 185 g/mol.